The van der Waals surface area contributed by atoms with Gasteiger partial charge in [0.25, 0.3) is 0 Å². The number of phenols is 1. The lowest BCUT2D eigenvalue weighted by atomic mass is 9.77. The first-order chi connectivity index (χ1) is 27.4. The Morgan fingerprint density at radius 3 is 2.77 bits per heavy atom. The van der Waals surface area contributed by atoms with Gasteiger partial charge < -0.3 is 55.4 Å². The first-order valence-corrected chi connectivity index (χ1v) is 20.3. The summed E-state index contributed by atoms with van der Waals surface area (Å²) >= 11 is 0. The lowest BCUT2D eigenvalue weighted by Gasteiger charge is -2.44. The van der Waals surface area contributed by atoms with Crippen LogP contribution >= 0.6 is 0 Å². The SMILES string of the molecule is Cc1cc(=O)c2c(O)c3c(cc2o1)OC(C)(C)[C@@H]1OC(=O)[C@@]2(CCCC[C@@H]31)O[C@@H]2CCC1=C2CCCC3=C(N)NC(Cn4cc5cc[nH]c5c4)C=C3C2NC(N)=C1. The lowest BCUT2D eigenvalue weighted by molar-refractivity contribution is -0.170. The number of allylic oxidation sites excluding steroid dienone is 2. The van der Waals surface area contributed by atoms with E-state index in [2.05, 4.69) is 44.7 Å². The van der Waals surface area contributed by atoms with Crippen molar-refractivity contribution in [1.82, 2.24) is 20.2 Å². The number of dihydropyridines is 2. The number of aromatic amines is 1. The van der Waals surface area contributed by atoms with Crippen LogP contribution in [-0.4, -0.2) is 56.1 Å². The highest BCUT2D eigenvalue weighted by Crippen LogP contribution is 2.54. The number of H-pyrrole nitrogens is 1. The van der Waals surface area contributed by atoms with E-state index in [0.29, 0.717) is 48.6 Å². The number of nitrogens with one attached hydrogen (secondary N) is 3. The van der Waals surface area contributed by atoms with Crippen LogP contribution in [0.4, 0.5) is 0 Å². The van der Waals surface area contributed by atoms with Crippen LogP contribution in [0.25, 0.3) is 21.9 Å². The summed E-state index contributed by atoms with van der Waals surface area (Å²) in [5.74, 6) is 1.25. The zero-order valence-electron chi connectivity index (χ0n) is 32.6. The smallest absolute Gasteiger partial charge is 0.341 e. The number of aromatic nitrogens is 2. The Balaban J connectivity index is 0.889. The molecule has 57 heavy (non-hydrogen) atoms. The number of nitrogens with two attached hydrogens (primary N) is 2. The van der Waals surface area contributed by atoms with Gasteiger partial charge in [0, 0.05) is 54.1 Å². The molecule has 0 radical (unpaired) electrons. The van der Waals surface area contributed by atoms with Gasteiger partial charge in [-0.05, 0) is 107 Å². The third-order valence-corrected chi connectivity index (χ3v) is 13.1. The quantitative estimate of drug-likeness (QED) is 0.106. The molecule has 4 aromatic rings. The fourth-order valence-corrected chi connectivity index (χ4v) is 10.4. The fraction of sp³-hybridized carbons (Fsp3) is 0.455. The summed E-state index contributed by atoms with van der Waals surface area (Å²) in [7, 11) is 0. The number of ether oxygens (including phenoxy) is 3. The van der Waals surface area contributed by atoms with Crippen molar-refractivity contribution in [2.45, 2.75) is 127 Å². The monoisotopic (exact) mass is 774 g/mol. The van der Waals surface area contributed by atoms with E-state index in [0.717, 1.165) is 55.6 Å². The number of carbonyl (C=O) groups is 1. The Morgan fingerprint density at radius 2 is 1.93 bits per heavy atom. The third-order valence-electron chi connectivity index (χ3n) is 13.1. The Bertz CT molecular complexity index is 2510. The molecular formula is C44H50N6O7. The number of hydrogen-bond donors (Lipinski definition) is 6. The average Bonchev–Trinajstić information content (AvgIpc) is 3.53. The number of nitrogens with zero attached hydrogens (tertiary/aromatic N) is 1. The van der Waals surface area contributed by atoms with Crippen molar-refractivity contribution in [2.24, 2.45) is 11.5 Å². The number of epoxide rings is 1. The number of carbonyl (C=O) groups excluding carboxylic acids is 1. The number of esters is 1. The summed E-state index contributed by atoms with van der Waals surface area (Å²) in [4.78, 5) is 30.6. The minimum absolute atomic E-state index is 0.00555. The fourth-order valence-electron chi connectivity index (χ4n) is 10.4. The molecule has 2 saturated heterocycles. The van der Waals surface area contributed by atoms with E-state index in [9.17, 15) is 14.7 Å². The summed E-state index contributed by atoms with van der Waals surface area (Å²) in [6.45, 7) is 6.21. The Morgan fingerprint density at radius 1 is 1.07 bits per heavy atom. The molecular weight excluding hydrogens is 725 g/mol. The van der Waals surface area contributed by atoms with E-state index in [1.165, 1.54) is 28.2 Å². The molecule has 8 N–H and O–H groups in total. The average molecular weight is 775 g/mol. The molecule has 3 aromatic heterocycles. The normalized spacial score (nSPS) is 29.2. The molecule has 1 aromatic carbocycles. The van der Waals surface area contributed by atoms with Gasteiger partial charge in [0.15, 0.2) is 11.0 Å². The maximum Gasteiger partial charge on any atom is 0.341 e. The molecule has 1 spiro atoms. The minimum Gasteiger partial charge on any atom is -0.507 e. The van der Waals surface area contributed by atoms with Crippen LogP contribution in [0.5, 0.6) is 11.5 Å². The highest BCUT2D eigenvalue weighted by atomic mass is 16.7. The number of phenolic OH excluding ortho intramolecular Hbond substituents is 1. The summed E-state index contributed by atoms with van der Waals surface area (Å²) in [6, 6.07) is 5.04. The van der Waals surface area contributed by atoms with Crippen LogP contribution in [0.1, 0.15) is 88.9 Å². The molecule has 1 saturated carbocycles. The van der Waals surface area contributed by atoms with Crippen LogP contribution in [0.3, 0.4) is 0 Å². The number of aromatic hydroxyl groups is 1. The Kier molecular flexibility index (Phi) is 8.16. The highest BCUT2D eigenvalue weighted by Gasteiger charge is 2.64. The van der Waals surface area contributed by atoms with Crippen LogP contribution in [0.2, 0.25) is 0 Å². The van der Waals surface area contributed by atoms with E-state index in [1.54, 1.807) is 13.0 Å². The highest BCUT2D eigenvalue weighted by molar-refractivity contribution is 5.88. The van der Waals surface area contributed by atoms with Gasteiger partial charge >= 0.3 is 5.97 Å². The summed E-state index contributed by atoms with van der Waals surface area (Å²) in [5, 5.41) is 20.0. The molecule has 3 fully saturated rings. The van der Waals surface area contributed by atoms with Crippen LogP contribution in [0, 0.1) is 6.92 Å². The number of rotatable bonds is 5. The minimum atomic E-state index is -1.05. The second kappa shape index (κ2) is 13.0. The van der Waals surface area contributed by atoms with Crippen molar-refractivity contribution in [3.63, 3.8) is 0 Å². The number of benzene rings is 1. The van der Waals surface area contributed by atoms with Gasteiger partial charge in [0.2, 0.25) is 0 Å². The molecule has 5 aliphatic heterocycles. The van der Waals surface area contributed by atoms with Crippen LogP contribution in [0.15, 0.2) is 92.1 Å². The Hall–Kier alpha value is -5.56. The first kappa shape index (κ1) is 35.8. The van der Waals surface area contributed by atoms with Gasteiger partial charge in [-0.3, -0.25) is 4.79 Å². The van der Waals surface area contributed by atoms with Gasteiger partial charge in [0.05, 0.1) is 29.5 Å². The lowest BCUT2D eigenvalue weighted by Crippen LogP contribution is -2.52. The molecule has 1 aliphatic carbocycles. The second-order valence-electron chi connectivity index (χ2n) is 17.3. The standard InChI is InChI=1S/C44H50N6O7/c1-22-15-31(51)37-32(54-22)18-33-36(39(37)52)28-7-4-5-13-44(42(53)55-40(28)43(2,3)56-33)34(57-44)11-10-23-16-35(45)49-38-26(23)8-6-9-27-29(38)17-25(48-41(27)46)20-50-19-24-12-14-47-30(24)21-50/h12,14-19,21,25,28,34,38,40,47-49,52H,4-11,13,20,45-46H2,1-3H3/t25?,28-,34+,38?,40+,44-/m0/s1. The van der Waals surface area contributed by atoms with Gasteiger partial charge in [-0.1, -0.05) is 12.5 Å². The molecule has 6 atom stereocenters. The van der Waals surface area contributed by atoms with E-state index in [4.69, 9.17) is 30.1 Å². The molecule has 8 heterocycles. The van der Waals surface area contributed by atoms with Gasteiger partial charge in [-0.25, -0.2) is 4.79 Å². The summed E-state index contributed by atoms with van der Waals surface area (Å²) in [5.41, 5.74) is 17.7. The molecule has 13 heteroatoms. The molecule has 298 valence electrons. The van der Waals surface area contributed by atoms with Crippen molar-refractivity contribution in [3.05, 3.63) is 104 Å². The van der Waals surface area contributed by atoms with Crippen molar-refractivity contribution >= 4 is 27.8 Å². The number of aryl methyl sites for hydroxylation is 1. The van der Waals surface area contributed by atoms with E-state index in [-0.39, 0.29) is 46.3 Å². The summed E-state index contributed by atoms with van der Waals surface area (Å²) < 4.78 is 27.3. The molecule has 2 unspecified atom stereocenters. The molecule has 0 bridgehead atoms. The predicted molar refractivity (Wildman–Crippen MR) is 214 cm³/mol. The zero-order valence-corrected chi connectivity index (χ0v) is 32.6. The number of fused-ring (bicyclic) bond motifs is 8. The van der Waals surface area contributed by atoms with Crippen molar-refractivity contribution < 1.29 is 28.5 Å². The summed E-state index contributed by atoms with van der Waals surface area (Å²) in [6.07, 6.45) is 16.3. The second-order valence-corrected chi connectivity index (χ2v) is 17.3. The molecule has 10 rings (SSSR count). The van der Waals surface area contributed by atoms with Crippen LogP contribution < -0.4 is 32.3 Å². The molecule has 6 aliphatic rings. The maximum absolute atomic E-state index is 14.3. The maximum atomic E-state index is 14.3. The number of hydrogen-bond acceptors (Lipinski definition) is 11. The van der Waals surface area contributed by atoms with Gasteiger partial charge in [-0.2, -0.15) is 0 Å². The van der Waals surface area contributed by atoms with Crippen molar-refractivity contribution in [3.8, 4) is 11.5 Å². The van der Waals surface area contributed by atoms with Gasteiger partial charge in [0.1, 0.15) is 45.8 Å². The van der Waals surface area contributed by atoms with E-state index in [1.807, 2.05) is 26.1 Å². The van der Waals surface area contributed by atoms with E-state index >= 15 is 0 Å². The Labute approximate surface area is 329 Å². The predicted octanol–water partition coefficient (Wildman–Crippen LogP) is 5.77. The van der Waals surface area contributed by atoms with E-state index < -0.39 is 23.3 Å². The topological polar surface area (TPSA) is 195 Å². The van der Waals surface area contributed by atoms with Crippen molar-refractivity contribution in [2.75, 3.05) is 0 Å². The zero-order chi connectivity index (χ0) is 39.4. The molecule has 0 amide bonds. The third kappa shape index (κ3) is 5.92. The van der Waals surface area contributed by atoms with Crippen molar-refractivity contribution in [1.29, 1.82) is 0 Å². The largest absolute Gasteiger partial charge is 0.507 e. The van der Waals surface area contributed by atoms with Gasteiger partial charge in [-0.15, -0.1) is 0 Å². The van der Waals surface area contributed by atoms with Crippen LogP contribution in [-0.2, 0) is 20.8 Å². The molecule has 13 nitrogen and oxygen atoms in total. The first-order valence-electron chi connectivity index (χ1n) is 20.3.